The average Bonchev–Trinajstić information content (AvgIpc) is 2.58. The van der Waals surface area contributed by atoms with Gasteiger partial charge in [-0.3, -0.25) is 9.59 Å². The Bertz CT molecular complexity index is 536. The summed E-state index contributed by atoms with van der Waals surface area (Å²) < 4.78 is 7.31. The third kappa shape index (κ3) is 3.04. The fourth-order valence-corrected chi connectivity index (χ4v) is 2.24. The van der Waals surface area contributed by atoms with Gasteiger partial charge in [-0.25, -0.2) is 0 Å². The molecule has 0 unspecified atom stereocenters. The second kappa shape index (κ2) is 5.57. The van der Waals surface area contributed by atoms with Crippen LogP contribution in [0.2, 0.25) is 0 Å². The average molecular weight is 264 g/mol. The lowest BCUT2D eigenvalue weighted by atomic mass is 10.2. The van der Waals surface area contributed by atoms with Gasteiger partial charge in [0, 0.05) is 44.7 Å². The number of aryl methyl sites for hydroxylation is 2. The molecular formula is C14H20N2O3. The van der Waals surface area contributed by atoms with Crippen LogP contribution in [0, 0.1) is 6.92 Å². The highest BCUT2D eigenvalue weighted by molar-refractivity contribution is 5.93. The zero-order valence-electron chi connectivity index (χ0n) is 11.7. The third-order valence-corrected chi connectivity index (χ3v) is 3.45. The maximum atomic E-state index is 12.4. The van der Waals surface area contributed by atoms with E-state index >= 15 is 0 Å². The molecule has 5 heteroatoms. The number of carbonyl (C=O) groups is 1. The van der Waals surface area contributed by atoms with E-state index in [4.69, 9.17) is 4.74 Å². The van der Waals surface area contributed by atoms with Crippen molar-refractivity contribution in [2.45, 2.75) is 26.4 Å². The van der Waals surface area contributed by atoms with E-state index in [-0.39, 0.29) is 23.0 Å². The van der Waals surface area contributed by atoms with Crippen molar-refractivity contribution in [3.05, 3.63) is 33.7 Å². The molecule has 0 aromatic carbocycles. The molecule has 104 valence electrons. The van der Waals surface area contributed by atoms with E-state index in [9.17, 15) is 9.59 Å². The van der Waals surface area contributed by atoms with Crippen LogP contribution in [-0.4, -0.2) is 41.2 Å². The number of aromatic nitrogens is 1. The van der Waals surface area contributed by atoms with E-state index in [1.807, 2.05) is 20.9 Å². The molecule has 2 heterocycles. The summed E-state index contributed by atoms with van der Waals surface area (Å²) in [4.78, 5) is 26.1. The van der Waals surface area contributed by atoms with E-state index in [1.165, 1.54) is 6.07 Å². The molecule has 0 bridgehead atoms. The summed E-state index contributed by atoms with van der Waals surface area (Å²) in [6.45, 7) is 5.63. The summed E-state index contributed by atoms with van der Waals surface area (Å²) >= 11 is 0. The molecule has 1 aliphatic heterocycles. The predicted octanol–water partition coefficient (Wildman–Crippen LogP) is 0.945. The number of carbonyl (C=O) groups excluding carboxylic acids is 1. The molecule has 0 spiro atoms. The highest BCUT2D eigenvalue weighted by atomic mass is 16.5. The number of pyridine rings is 1. The van der Waals surface area contributed by atoms with Crippen LogP contribution in [0.3, 0.4) is 0 Å². The predicted molar refractivity (Wildman–Crippen MR) is 72.4 cm³/mol. The van der Waals surface area contributed by atoms with E-state index < -0.39 is 0 Å². The molecule has 1 aromatic heterocycles. The highest BCUT2D eigenvalue weighted by Crippen LogP contribution is 2.09. The van der Waals surface area contributed by atoms with Gasteiger partial charge in [-0.15, -0.1) is 0 Å². The molecule has 1 aliphatic rings. The van der Waals surface area contributed by atoms with Crippen LogP contribution in [0.15, 0.2) is 17.1 Å². The standard InChI is InChI=1S/C14H20N2O3/c1-10-7-13(17)12(9-15(10)3)14(18)16-5-4-6-19-11(2)8-16/h7,9,11H,4-6,8H2,1-3H3/t11-/m0/s1. The van der Waals surface area contributed by atoms with Crippen molar-refractivity contribution in [1.29, 1.82) is 0 Å². The number of nitrogens with zero attached hydrogens (tertiary/aromatic N) is 2. The smallest absolute Gasteiger partial charge is 0.259 e. The first-order valence-corrected chi connectivity index (χ1v) is 6.57. The monoisotopic (exact) mass is 264 g/mol. The molecular weight excluding hydrogens is 244 g/mol. The molecule has 1 aromatic rings. The second-order valence-electron chi connectivity index (χ2n) is 5.09. The molecule has 1 amide bonds. The van der Waals surface area contributed by atoms with Crippen LogP contribution in [0.4, 0.5) is 0 Å². The van der Waals surface area contributed by atoms with Crippen LogP contribution in [0.5, 0.6) is 0 Å². The number of hydrogen-bond acceptors (Lipinski definition) is 3. The SMILES string of the molecule is Cc1cc(=O)c(C(=O)N2CCCO[C@@H](C)C2)cn1C. The normalized spacial score (nSPS) is 20.2. The van der Waals surface area contributed by atoms with Gasteiger partial charge in [0.1, 0.15) is 5.56 Å². The Hall–Kier alpha value is -1.62. The molecule has 0 N–H and O–H groups in total. The van der Waals surface area contributed by atoms with Crippen LogP contribution in [-0.2, 0) is 11.8 Å². The fourth-order valence-electron chi connectivity index (χ4n) is 2.24. The topological polar surface area (TPSA) is 51.5 Å². The first-order chi connectivity index (χ1) is 8.99. The summed E-state index contributed by atoms with van der Waals surface area (Å²) in [7, 11) is 1.83. The van der Waals surface area contributed by atoms with Gasteiger partial charge in [-0.2, -0.15) is 0 Å². The molecule has 5 nitrogen and oxygen atoms in total. The number of ether oxygens (including phenoxy) is 1. The van der Waals surface area contributed by atoms with Crippen molar-refractivity contribution in [3.8, 4) is 0 Å². The van der Waals surface area contributed by atoms with Crippen molar-refractivity contribution < 1.29 is 9.53 Å². The summed E-state index contributed by atoms with van der Waals surface area (Å²) in [6.07, 6.45) is 2.44. The highest BCUT2D eigenvalue weighted by Gasteiger charge is 2.23. The summed E-state index contributed by atoms with van der Waals surface area (Å²) in [5, 5.41) is 0. The van der Waals surface area contributed by atoms with Gasteiger partial charge in [0.15, 0.2) is 5.43 Å². The van der Waals surface area contributed by atoms with Gasteiger partial charge < -0.3 is 14.2 Å². The van der Waals surface area contributed by atoms with E-state index in [1.54, 1.807) is 15.7 Å². The minimum absolute atomic E-state index is 0.0146. The Labute approximate surface area is 112 Å². The third-order valence-electron chi connectivity index (χ3n) is 3.45. The van der Waals surface area contributed by atoms with Crippen molar-refractivity contribution in [3.63, 3.8) is 0 Å². The maximum absolute atomic E-state index is 12.4. The van der Waals surface area contributed by atoms with Gasteiger partial charge in [0.05, 0.1) is 6.10 Å². The van der Waals surface area contributed by atoms with E-state index in [0.717, 1.165) is 12.1 Å². The minimum Gasteiger partial charge on any atom is -0.377 e. The number of hydrogen-bond donors (Lipinski definition) is 0. The number of amides is 1. The van der Waals surface area contributed by atoms with Crippen molar-refractivity contribution in [2.75, 3.05) is 19.7 Å². The largest absolute Gasteiger partial charge is 0.377 e. The Balaban J connectivity index is 2.28. The molecule has 0 aliphatic carbocycles. The Kier molecular flexibility index (Phi) is 4.04. The van der Waals surface area contributed by atoms with Gasteiger partial charge in [-0.05, 0) is 20.3 Å². The van der Waals surface area contributed by atoms with Crippen molar-refractivity contribution in [2.24, 2.45) is 7.05 Å². The zero-order chi connectivity index (χ0) is 14.0. The summed E-state index contributed by atoms with van der Waals surface area (Å²) in [5.41, 5.74) is 0.870. The Morgan fingerprint density at radius 3 is 2.95 bits per heavy atom. The van der Waals surface area contributed by atoms with Gasteiger partial charge in [-0.1, -0.05) is 0 Å². The first-order valence-electron chi connectivity index (χ1n) is 6.57. The quantitative estimate of drug-likeness (QED) is 0.758. The molecule has 0 radical (unpaired) electrons. The lowest BCUT2D eigenvalue weighted by Gasteiger charge is -2.22. The second-order valence-corrected chi connectivity index (χ2v) is 5.09. The van der Waals surface area contributed by atoms with Crippen LogP contribution >= 0.6 is 0 Å². The molecule has 2 rings (SSSR count). The number of rotatable bonds is 1. The molecule has 1 fully saturated rings. The van der Waals surface area contributed by atoms with Gasteiger partial charge >= 0.3 is 0 Å². The van der Waals surface area contributed by atoms with Crippen molar-refractivity contribution in [1.82, 2.24) is 9.47 Å². The van der Waals surface area contributed by atoms with E-state index in [0.29, 0.717) is 19.7 Å². The maximum Gasteiger partial charge on any atom is 0.259 e. The lowest BCUT2D eigenvalue weighted by molar-refractivity contribution is 0.0561. The fraction of sp³-hybridized carbons (Fsp3) is 0.571. The summed E-state index contributed by atoms with van der Waals surface area (Å²) in [5.74, 6) is -0.196. The van der Waals surface area contributed by atoms with Gasteiger partial charge in [0.25, 0.3) is 5.91 Å². The van der Waals surface area contributed by atoms with Crippen LogP contribution < -0.4 is 5.43 Å². The van der Waals surface area contributed by atoms with E-state index in [2.05, 4.69) is 0 Å². The van der Waals surface area contributed by atoms with Crippen LogP contribution in [0.25, 0.3) is 0 Å². The zero-order valence-corrected chi connectivity index (χ0v) is 11.7. The minimum atomic E-state index is -0.210. The summed E-state index contributed by atoms with van der Waals surface area (Å²) in [6, 6.07) is 1.50. The molecule has 1 saturated heterocycles. The van der Waals surface area contributed by atoms with Gasteiger partial charge in [0.2, 0.25) is 0 Å². The lowest BCUT2D eigenvalue weighted by Crippen LogP contribution is -2.38. The Morgan fingerprint density at radius 1 is 1.47 bits per heavy atom. The molecule has 1 atom stereocenters. The van der Waals surface area contributed by atoms with Crippen molar-refractivity contribution >= 4 is 5.91 Å². The molecule has 19 heavy (non-hydrogen) atoms. The first kappa shape index (κ1) is 13.8. The Morgan fingerprint density at radius 2 is 2.21 bits per heavy atom. The molecule has 0 saturated carbocycles. The van der Waals surface area contributed by atoms with Crippen LogP contribution in [0.1, 0.15) is 29.4 Å².